The first-order chi connectivity index (χ1) is 8.02. The Bertz CT molecular complexity index is 523. The monoisotopic (exact) mass is 256 g/mol. The van der Waals surface area contributed by atoms with Gasteiger partial charge in [-0.05, 0) is 24.6 Å². The molecule has 0 saturated heterocycles. The van der Waals surface area contributed by atoms with Crippen LogP contribution in [-0.4, -0.2) is 25.8 Å². The SMILES string of the molecule is CCCN(CC#N)S(=O)(=O)c1cccc(F)c1. The number of hydrogen-bond acceptors (Lipinski definition) is 3. The Morgan fingerprint density at radius 3 is 2.71 bits per heavy atom. The van der Waals surface area contributed by atoms with Gasteiger partial charge in [-0.1, -0.05) is 13.0 Å². The molecule has 0 radical (unpaired) electrons. The topological polar surface area (TPSA) is 61.2 Å². The molecule has 1 aromatic carbocycles. The fourth-order valence-electron chi connectivity index (χ4n) is 1.39. The van der Waals surface area contributed by atoms with Gasteiger partial charge >= 0.3 is 0 Å². The van der Waals surface area contributed by atoms with Crippen LogP contribution in [-0.2, 0) is 10.0 Å². The molecule has 0 aliphatic heterocycles. The Kier molecular flexibility index (Phi) is 4.61. The van der Waals surface area contributed by atoms with Crippen molar-refractivity contribution in [3.8, 4) is 6.07 Å². The highest BCUT2D eigenvalue weighted by Gasteiger charge is 2.23. The Morgan fingerprint density at radius 2 is 2.18 bits per heavy atom. The van der Waals surface area contributed by atoms with Crippen LogP contribution in [0.3, 0.4) is 0 Å². The Balaban J connectivity index is 3.12. The van der Waals surface area contributed by atoms with Crippen LogP contribution in [0.25, 0.3) is 0 Å². The maximum atomic E-state index is 13.0. The first-order valence-corrected chi connectivity index (χ1v) is 6.59. The average molecular weight is 256 g/mol. The molecule has 0 heterocycles. The number of sulfonamides is 1. The summed E-state index contributed by atoms with van der Waals surface area (Å²) in [6, 6.07) is 6.57. The minimum absolute atomic E-state index is 0.124. The summed E-state index contributed by atoms with van der Waals surface area (Å²) in [5, 5.41) is 8.60. The maximum Gasteiger partial charge on any atom is 0.244 e. The minimum Gasteiger partial charge on any atom is -0.207 e. The van der Waals surface area contributed by atoms with E-state index in [1.54, 1.807) is 6.07 Å². The maximum absolute atomic E-state index is 13.0. The Labute approximate surface area is 100 Å². The van der Waals surface area contributed by atoms with Crippen LogP contribution in [0.5, 0.6) is 0 Å². The lowest BCUT2D eigenvalue weighted by Gasteiger charge is -2.18. The highest BCUT2D eigenvalue weighted by molar-refractivity contribution is 7.89. The molecule has 0 aliphatic carbocycles. The molecule has 0 spiro atoms. The van der Waals surface area contributed by atoms with Crippen LogP contribution in [0, 0.1) is 17.1 Å². The molecule has 6 heteroatoms. The van der Waals surface area contributed by atoms with Crippen molar-refractivity contribution in [1.82, 2.24) is 4.31 Å². The van der Waals surface area contributed by atoms with E-state index in [0.29, 0.717) is 6.42 Å². The van der Waals surface area contributed by atoms with E-state index in [9.17, 15) is 12.8 Å². The average Bonchev–Trinajstić information content (AvgIpc) is 2.29. The van der Waals surface area contributed by atoms with Crippen molar-refractivity contribution >= 4 is 10.0 Å². The highest BCUT2D eigenvalue weighted by atomic mass is 32.2. The molecule has 0 bridgehead atoms. The molecule has 4 nitrogen and oxygen atoms in total. The molecular formula is C11H13FN2O2S. The van der Waals surface area contributed by atoms with Gasteiger partial charge < -0.3 is 0 Å². The third-order valence-electron chi connectivity index (χ3n) is 2.15. The second-order valence-corrected chi connectivity index (χ2v) is 5.39. The number of rotatable bonds is 5. The van der Waals surface area contributed by atoms with Crippen molar-refractivity contribution in [3.63, 3.8) is 0 Å². The van der Waals surface area contributed by atoms with E-state index in [1.165, 1.54) is 18.2 Å². The molecule has 0 N–H and O–H groups in total. The van der Waals surface area contributed by atoms with Gasteiger partial charge in [-0.3, -0.25) is 0 Å². The molecule has 0 amide bonds. The molecule has 0 aliphatic rings. The van der Waals surface area contributed by atoms with Gasteiger partial charge in [0.2, 0.25) is 10.0 Å². The third-order valence-corrected chi connectivity index (χ3v) is 4.00. The molecule has 0 saturated carbocycles. The molecular weight excluding hydrogens is 243 g/mol. The zero-order chi connectivity index (χ0) is 12.9. The largest absolute Gasteiger partial charge is 0.244 e. The second kappa shape index (κ2) is 5.75. The Hall–Kier alpha value is -1.45. The molecule has 0 atom stereocenters. The standard InChI is InChI=1S/C11H13FN2O2S/c1-2-7-14(8-6-13)17(15,16)11-5-3-4-10(12)9-11/h3-5,9H,2,7-8H2,1H3. The van der Waals surface area contributed by atoms with Crippen molar-refractivity contribution in [1.29, 1.82) is 5.26 Å². The van der Waals surface area contributed by atoms with Crippen LogP contribution < -0.4 is 0 Å². The summed E-state index contributed by atoms with van der Waals surface area (Å²) in [4.78, 5) is -0.124. The number of nitriles is 1. The lowest BCUT2D eigenvalue weighted by Crippen LogP contribution is -2.32. The van der Waals surface area contributed by atoms with E-state index >= 15 is 0 Å². The normalized spacial score (nSPS) is 11.4. The van der Waals surface area contributed by atoms with Crippen LogP contribution in [0.1, 0.15) is 13.3 Å². The fraction of sp³-hybridized carbons (Fsp3) is 0.364. The molecule has 0 fully saturated rings. The molecule has 0 unspecified atom stereocenters. The summed E-state index contributed by atoms with van der Waals surface area (Å²) >= 11 is 0. The molecule has 92 valence electrons. The first kappa shape index (κ1) is 13.6. The molecule has 1 aromatic rings. The van der Waals surface area contributed by atoms with E-state index < -0.39 is 15.8 Å². The van der Waals surface area contributed by atoms with E-state index in [2.05, 4.69) is 0 Å². The van der Waals surface area contributed by atoms with E-state index in [0.717, 1.165) is 10.4 Å². The zero-order valence-electron chi connectivity index (χ0n) is 9.43. The van der Waals surface area contributed by atoms with Gasteiger partial charge in [0.25, 0.3) is 0 Å². The summed E-state index contributed by atoms with van der Waals surface area (Å²) in [6.45, 7) is 1.82. The van der Waals surface area contributed by atoms with E-state index in [1.807, 2.05) is 6.92 Å². The zero-order valence-corrected chi connectivity index (χ0v) is 10.2. The molecule has 1 rings (SSSR count). The summed E-state index contributed by atoms with van der Waals surface area (Å²) in [5.41, 5.74) is 0. The number of nitrogens with zero attached hydrogens (tertiary/aromatic N) is 2. The van der Waals surface area contributed by atoms with Gasteiger partial charge in [-0.15, -0.1) is 0 Å². The smallest absolute Gasteiger partial charge is 0.207 e. The lowest BCUT2D eigenvalue weighted by molar-refractivity contribution is 0.443. The van der Waals surface area contributed by atoms with Gasteiger partial charge in [-0.25, -0.2) is 12.8 Å². The minimum atomic E-state index is -3.78. The van der Waals surface area contributed by atoms with Crippen LogP contribution >= 0.6 is 0 Å². The van der Waals surface area contributed by atoms with Crippen molar-refractivity contribution in [2.75, 3.05) is 13.1 Å². The van der Waals surface area contributed by atoms with E-state index in [-0.39, 0.29) is 18.0 Å². The first-order valence-electron chi connectivity index (χ1n) is 5.15. The highest BCUT2D eigenvalue weighted by Crippen LogP contribution is 2.16. The van der Waals surface area contributed by atoms with Crippen LogP contribution in [0.15, 0.2) is 29.2 Å². The van der Waals surface area contributed by atoms with Gasteiger partial charge in [-0.2, -0.15) is 9.57 Å². The Morgan fingerprint density at radius 1 is 1.47 bits per heavy atom. The molecule has 17 heavy (non-hydrogen) atoms. The number of hydrogen-bond donors (Lipinski definition) is 0. The predicted molar refractivity (Wildman–Crippen MR) is 61.1 cm³/mol. The van der Waals surface area contributed by atoms with Gasteiger partial charge in [0, 0.05) is 6.54 Å². The van der Waals surface area contributed by atoms with Crippen molar-refractivity contribution in [3.05, 3.63) is 30.1 Å². The summed E-state index contributed by atoms with van der Waals surface area (Å²) < 4.78 is 38.2. The summed E-state index contributed by atoms with van der Waals surface area (Å²) in [6.07, 6.45) is 0.593. The van der Waals surface area contributed by atoms with Gasteiger partial charge in [0.15, 0.2) is 0 Å². The third kappa shape index (κ3) is 3.25. The van der Waals surface area contributed by atoms with Crippen molar-refractivity contribution < 1.29 is 12.8 Å². The lowest BCUT2D eigenvalue weighted by atomic mass is 10.4. The molecule has 0 aromatic heterocycles. The van der Waals surface area contributed by atoms with E-state index in [4.69, 9.17) is 5.26 Å². The van der Waals surface area contributed by atoms with Gasteiger partial charge in [0.1, 0.15) is 12.4 Å². The van der Waals surface area contributed by atoms with Crippen LogP contribution in [0.4, 0.5) is 4.39 Å². The van der Waals surface area contributed by atoms with Crippen molar-refractivity contribution in [2.45, 2.75) is 18.2 Å². The number of halogens is 1. The quantitative estimate of drug-likeness (QED) is 0.754. The van der Waals surface area contributed by atoms with Gasteiger partial charge in [0.05, 0.1) is 11.0 Å². The number of benzene rings is 1. The predicted octanol–water partition coefficient (Wildman–Crippen LogP) is 1.75. The second-order valence-electron chi connectivity index (χ2n) is 3.45. The summed E-state index contributed by atoms with van der Waals surface area (Å²) in [5.74, 6) is -0.612. The van der Waals surface area contributed by atoms with Crippen LogP contribution in [0.2, 0.25) is 0 Å². The fourth-order valence-corrected chi connectivity index (χ4v) is 2.85. The summed E-state index contributed by atoms with van der Waals surface area (Å²) in [7, 11) is -3.78. The van der Waals surface area contributed by atoms with Crippen molar-refractivity contribution in [2.24, 2.45) is 0 Å².